The maximum atomic E-state index is 4.65. The van der Waals surface area contributed by atoms with Crippen molar-refractivity contribution in [2.75, 3.05) is 0 Å². The zero-order chi connectivity index (χ0) is 12.6. The Kier molecular flexibility index (Phi) is 3.13. The highest BCUT2D eigenvalue weighted by Gasteiger charge is 2.14. The van der Waals surface area contributed by atoms with Gasteiger partial charge in [0.15, 0.2) is 11.5 Å². The van der Waals surface area contributed by atoms with Crippen LogP contribution in [0.2, 0.25) is 0 Å². The van der Waals surface area contributed by atoms with Crippen LogP contribution in [-0.4, -0.2) is 19.7 Å². The minimum Gasteiger partial charge on any atom is -0.327 e. The molecule has 0 unspecified atom stereocenters. The Hall–Kier alpha value is -1.45. The summed E-state index contributed by atoms with van der Waals surface area (Å²) < 4.78 is 2.15. The number of aryl methyl sites for hydroxylation is 1. The van der Waals surface area contributed by atoms with Crippen molar-refractivity contribution in [3.8, 4) is 0 Å². The number of fused-ring (bicyclic) bond motifs is 1. The van der Waals surface area contributed by atoms with Crippen LogP contribution < -0.4 is 0 Å². The van der Waals surface area contributed by atoms with E-state index in [1.165, 1.54) is 5.56 Å². The van der Waals surface area contributed by atoms with Gasteiger partial charge in [0.2, 0.25) is 0 Å². The van der Waals surface area contributed by atoms with Crippen molar-refractivity contribution < 1.29 is 0 Å². The fourth-order valence-corrected chi connectivity index (χ4v) is 1.91. The van der Waals surface area contributed by atoms with Crippen LogP contribution in [0.1, 0.15) is 58.0 Å². The molecule has 0 aliphatic rings. The van der Waals surface area contributed by atoms with Crippen molar-refractivity contribution in [1.82, 2.24) is 19.7 Å². The van der Waals surface area contributed by atoms with Crippen molar-refractivity contribution >= 4 is 11.2 Å². The molecule has 0 bridgehead atoms. The zero-order valence-electron chi connectivity index (χ0n) is 11.2. The SMILES string of the molecule is CCc1cn(C(C)C)c2nnc(C(C)C)nc12. The fourth-order valence-electron chi connectivity index (χ4n) is 1.91. The van der Waals surface area contributed by atoms with E-state index >= 15 is 0 Å². The van der Waals surface area contributed by atoms with E-state index in [1.807, 2.05) is 0 Å². The van der Waals surface area contributed by atoms with Crippen molar-refractivity contribution in [2.45, 2.75) is 53.0 Å². The second kappa shape index (κ2) is 4.43. The molecule has 0 amide bonds. The molecule has 2 heterocycles. The molecular formula is C13H20N4. The lowest BCUT2D eigenvalue weighted by atomic mass is 10.2. The Labute approximate surface area is 102 Å². The maximum Gasteiger partial charge on any atom is 0.181 e. The number of rotatable bonds is 3. The maximum absolute atomic E-state index is 4.65. The van der Waals surface area contributed by atoms with Gasteiger partial charge >= 0.3 is 0 Å². The van der Waals surface area contributed by atoms with E-state index in [0.717, 1.165) is 23.4 Å². The Bertz CT molecular complexity index is 525. The standard InChI is InChI=1S/C13H20N4/c1-6-10-7-17(9(4)5)13-11(10)14-12(8(2)3)15-16-13/h7-9H,6H2,1-5H3. The van der Waals surface area contributed by atoms with Gasteiger partial charge in [-0.3, -0.25) is 0 Å². The molecule has 0 aromatic carbocycles. The van der Waals surface area contributed by atoms with Crippen molar-refractivity contribution in [3.63, 3.8) is 0 Å². The molecule has 4 nitrogen and oxygen atoms in total. The van der Waals surface area contributed by atoms with E-state index < -0.39 is 0 Å². The largest absolute Gasteiger partial charge is 0.327 e. The third-order valence-electron chi connectivity index (χ3n) is 2.98. The van der Waals surface area contributed by atoms with Crippen molar-refractivity contribution in [3.05, 3.63) is 17.6 Å². The van der Waals surface area contributed by atoms with E-state index in [0.29, 0.717) is 12.0 Å². The molecule has 0 N–H and O–H groups in total. The van der Waals surface area contributed by atoms with Gasteiger partial charge in [-0.25, -0.2) is 4.98 Å². The third kappa shape index (κ3) is 2.04. The predicted octanol–water partition coefficient (Wildman–Crippen LogP) is 3.09. The first-order valence-corrected chi connectivity index (χ1v) is 6.28. The molecule has 0 saturated heterocycles. The molecule has 4 heteroatoms. The van der Waals surface area contributed by atoms with Crippen molar-refractivity contribution in [1.29, 1.82) is 0 Å². The van der Waals surface area contributed by atoms with Gasteiger partial charge in [0.1, 0.15) is 5.52 Å². The zero-order valence-corrected chi connectivity index (χ0v) is 11.2. The highest BCUT2D eigenvalue weighted by molar-refractivity contribution is 5.75. The molecule has 2 aromatic heterocycles. The van der Waals surface area contributed by atoms with Gasteiger partial charge in [-0.2, -0.15) is 0 Å². The van der Waals surface area contributed by atoms with Crippen LogP contribution in [0.3, 0.4) is 0 Å². The molecule has 2 rings (SSSR count). The van der Waals surface area contributed by atoms with Crippen LogP contribution in [0.15, 0.2) is 6.20 Å². The lowest BCUT2D eigenvalue weighted by Gasteiger charge is -2.07. The molecule has 0 spiro atoms. The Balaban J connectivity index is 2.68. The first-order chi connectivity index (χ1) is 8.04. The predicted molar refractivity (Wildman–Crippen MR) is 69.2 cm³/mol. The van der Waals surface area contributed by atoms with Crippen LogP contribution in [0.25, 0.3) is 11.2 Å². The average Bonchev–Trinajstić information content (AvgIpc) is 2.66. The minimum absolute atomic E-state index is 0.319. The normalized spacial score (nSPS) is 11.9. The summed E-state index contributed by atoms with van der Waals surface area (Å²) >= 11 is 0. The number of hydrogen-bond acceptors (Lipinski definition) is 3. The molecule has 0 aliphatic carbocycles. The van der Waals surface area contributed by atoms with Crippen LogP contribution in [0, 0.1) is 0 Å². The summed E-state index contributed by atoms with van der Waals surface area (Å²) in [4.78, 5) is 4.65. The highest BCUT2D eigenvalue weighted by atomic mass is 15.2. The van der Waals surface area contributed by atoms with Gasteiger partial charge in [-0.15, -0.1) is 10.2 Å². The second-order valence-corrected chi connectivity index (χ2v) is 5.01. The van der Waals surface area contributed by atoms with E-state index in [2.05, 4.69) is 60.6 Å². The van der Waals surface area contributed by atoms with E-state index in [1.54, 1.807) is 0 Å². The quantitative estimate of drug-likeness (QED) is 0.816. The summed E-state index contributed by atoms with van der Waals surface area (Å²) in [7, 11) is 0. The van der Waals surface area contributed by atoms with Crippen LogP contribution in [0.4, 0.5) is 0 Å². The Morgan fingerprint density at radius 1 is 1.18 bits per heavy atom. The molecule has 0 fully saturated rings. The third-order valence-corrected chi connectivity index (χ3v) is 2.98. The van der Waals surface area contributed by atoms with Crippen LogP contribution >= 0.6 is 0 Å². The summed E-state index contributed by atoms with van der Waals surface area (Å²) in [5, 5.41) is 8.56. The van der Waals surface area contributed by atoms with Gasteiger partial charge in [0.25, 0.3) is 0 Å². The second-order valence-electron chi connectivity index (χ2n) is 5.01. The van der Waals surface area contributed by atoms with Gasteiger partial charge in [0.05, 0.1) is 0 Å². The first-order valence-electron chi connectivity index (χ1n) is 6.28. The lowest BCUT2D eigenvalue weighted by Crippen LogP contribution is -2.04. The number of hydrogen-bond donors (Lipinski definition) is 0. The van der Waals surface area contributed by atoms with E-state index in [4.69, 9.17) is 0 Å². The smallest absolute Gasteiger partial charge is 0.181 e. The van der Waals surface area contributed by atoms with E-state index in [9.17, 15) is 0 Å². The highest BCUT2D eigenvalue weighted by Crippen LogP contribution is 2.22. The Morgan fingerprint density at radius 2 is 1.88 bits per heavy atom. The summed E-state index contributed by atoms with van der Waals surface area (Å²) in [5.74, 6) is 1.15. The minimum atomic E-state index is 0.319. The molecule has 0 aliphatic heterocycles. The van der Waals surface area contributed by atoms with Gasteiger partial charge in [0, 0.05) is 18.2 Å². The molecule has 92 valence electrons. The molecule has 0 saturated carbocycles. The number of aromatic nitrogens is 4. The van der Waals surface area contributed by atoms with Gasteiger partial charge in [-0.1, -0.05) is 20.8 Å². The lowest BCUT2D eigenvalue weighted by molar-refractivity contribution is 0.611. The summed E-state index contributed by atoms with van der Waals surface area (Å²) in [6, 6.07) is 0.388. The topological polar surface area (TPSA) is 43.6 Å². The molecular weight excluding hydrogens is 212 g/mol. The number of nitrogens with zero attached hydrogens (tertiary/aromatic N) is 4. The summed E-state index contributed by atoms with van der Waals surface area (Å²) in [6.07, 6.45) is 3.13. The van der Waals surface area contributed by atoms with E-state index in [-0.39, 0.29) is 0 Å². The molecule has 0 atom stereocenters. The summed E-state index contributed by atoms with van der Waals surface area (Å²) in [6.45, 7) is 10.6. The first kappa shape index (κ1) is 12.0. The molecule has 17 heavy (non-hydrogen) atoms. The Morgan fingerprint density at radius 3 is 2.41 bits per heavy atom. The van der Waals surface area contributed by atoms with Crippen molar-refractivity contribution in [2.24, 2.45) is 0 Å². The van der Waals surface area contributed by atoms with Gasteiger partial charge < -0.3 is 4.57 Å². The fraction of sp³-hybridized carbons (Fsp3) is 0.615. The van der Waals surface area contributed by atoms with Crippen LogP contribution in [-0.2, 0) is 6.42 Å². The van der Waals surface area contributed by atoms with Crippen LogP contribution in [0.5, 0.6) is 0 Å². The summed E-state index contributed by atoms with van der Waals surface area (Å²) in [5.41, 5.74) is 3.17. The van der Waals surface area contributed by atoms with Gasteiger partial charge in [-0.05, 0) is 25.8 Å². The molecule has 0 radical (unpaired) electrons. The monoisotopic (exact) mass is 232 g/mol. The average molecular weight is 232 g/mol. The molecule has 2 aromatic rings.